The molecule has 0 amide bonds. The summed E-state index contributed by atoms with van der Waals surface area (Å²) < 4.78 is 20.0. The van der Waals surface area contributed by atoms with E-state index >= 15 is 0 Å². The van der Waals surface area contributed by atoms with Crippen LogP contribution in [0, 0.1) is 5.82 Å². The normalized spacial score (nSPS) is 12.1. The van der Waals surface area contributed by atoms with Gasteiger partial charge >= 0.3 is 0 Å². The van der Waals surface area contributed by atoms with Gasteiger partial charge < -0.3 is 15.2 Å². The Labute approximate surface area is 137 Å². The molecule has 0 aliphatic rings. The third kappa shape index (κ3) is 5.34. The average molecular weight is 317 g/mol. The van der Waals surface area contributed by atoms with E-state index in [1.54, 1.807) is 18.2 Å². The van der Waals surface area contributed by atoms with Crippen LogP contribution in [-0.2, 0) is 6.61 Å². The van der Waals surface area contributed by atoms with Gasteiger partial charge in [0.05, 0.1) is 6.10 Å². The van der Waals surface area contributed by atoms with Gasteiger partial charge in [-0.15, -0.1) is 0 Å². The lowest BCUT2D eigenvalue weighted by molar-refractivity contribution is 0.168. The number of hydrogen-bond donors (Lipinski definition) is 2. The van der Waals surface area contributed by atoms with Crippen molar-refractivity contribution in [2.75, 3.05) is 13.1 Å². The van der Waals surface area contributed by atoms with Gasteiger partial charge in [-0.2, -0.15) is 0 Å². The number of nitrogens with one attached hydrogen (secondary N) is 1. The van der Waals surface area contributed by atoms with E-state index in [4.69, 9.17) is 4.74 Å². The first kappa shape index (κ1) is 17.4. The van der Waals surface area contributed by atoms with E-state index in [0.29, 0.717) is 13.2 Å². The van der Waals surface area contributed by atoms with Crippen LogP contribution in [0.2, 0.25) is 0 Å². The zero-order chi connectivity index (χ0) is 16.5. The van der Waals surface area contributed by atoms with Crippen molar-refractivity contribution in [2.24, 2.45) is 0 Å². The fourth-order valence-corrected chi connectivity index (χ4v) is 2.28. The highest BCUT2D eigenvalue weighted by atomic mass is 19.1. The van der Waals surface area contributed by atoms with E-state index in [-0.39, 0.29) is 11.3 Å². The minimum Gasteiger partial charge on any atom is -0.486 e. The lowest BCUT2D eigenvalue weighted by Gasteiger charge is -2.15. The Kier molecular flexibility index (Phi) is 7.04. The molecule has 2 aromatic carbocycles. The maximum absolute atomic E-state index is 14.5. The van der Waals surface area contributed by atoms with Crippen LogP contribution in [-0.4, -0.2) is 18.2 Å². The van der Waals surface area contributed by atoms with Crippen molar-refractivity contribution in [1.82, 2.24) is 5.32 Å². The number of aliphatic hydroxyl groups is 1. The summed E-state index contributed by atoms with van der Waals surface area (Å²) in [5.74, 6) is -0.327. The van der Waals surface area contributed by atoms with E-state index in [1.165, 1.54) is 0 Å². The van der Waals surface area contributed by atoms with Crippen LogP contribution < -0.4 is 10.1 Å². The topological polar surface area (TPSA) is 41.5 Å². The molecule has 0 aliphatic carbocycles. The number of hydrogen-bond acceptors (Lipinski definition) is 3. The first-order valence-electron chi connectivity index (χ1n) is 8.06. The van der Waals surface area contributed by atoms with Gasteiger partial charge in [0, 0.05) is 12.1 Å². The first-order chi connectivity index (χ1) is 11.2. The number of halogens is 1. The lowest BCUT2D eigenvalue weighted by atomic mass is 10.1. The zero-order valence-electron chi connectivity index (χ0n) is 13.5. The van der Waals surface area contributed by atoms with Crippen molar-refractivity contribution >= 4 is 0 Å². The molecular formula is C19H24FNO2. The van der Waals surface area contributed by atoms with Gasteiger partial charge in [0.2, 0.25) is 0 Å². The predicted molar refractivity (Wildman–Crippen MR) is 89.9 cm³/mol. The van der Waals surface area contributed by atoms with Gasteiger partial charge in [0.1, 0.15) is 6.61 Å². The number of aliphatic hydroxyl groups excluding tert-OH is 1. The van der Waals surface area contributed by atoms with E-state index in [9.17, 15) is 9.50 Å². The molecular weight excluding hydrogens is 293 g/mol. The van der Waals surface area contributed by atoms with Crippen molar-refractivity contribution in [3.05, 3.63) is 65.5 Å². The largest absolute Gasteiger partial charge is 0.486 e. The third-order valence-corrected chi connectivity index (χ3v) is 3.63. The smallest absolute Gasteiger partial charge is 0.170 e. The molecule has 2 rings (SSSR count). The lowest BCUT2D eigenvalue weighted by Crippen LogP contribution is -2.23. The second-order valence-corrected chi connectivity index (χ2v) is 5.51. The number of ether oxygens (including phenoxy) is 1. The highest BCUT2D eigenvalue weighted by Gasteiger charge is 2.16. The SMILES string of the molecule is CCCCNCC(O)c1cccc(OCc2ccccc2)c1F. The molecule has 1 unspecified atom stereocenters. The summed E-state index contributed by atoms with van der Waals surface area (Å²) in [5.41, 5.74) is 1.23. The molecule has 0 heterocycles. The van der Waals surface area contributed by atoms with Gasteiger partial charge in [-0.3, -0.25) is 0 Å². The molecule has 0 aromatic heterocycles. The highest BCUT2D eigenvalue weighted by Crippen LogP contribution is 2.25. The minimum absolute atomic E-state index is 0.166. The molecule has 23 heavy (non-hydrogen) atoms. The fourth-order valence-electron chi connectivity index (χ4n) is 2.28. The molecule has 1 atom stereocenters. The maximum Gasteiger partial charge on any atom is 0.170 e. The molecule has 0 spiro atoms. The zero-order valence-corrected chi connectivity index (χ0v) is 13.5. The third-order valence-electron chi connectivity index (χ3n) is 3.63. The van der Waals surface area contributed by atoms with Crippen molar-refractivity contribution in [1.29, 1.82) is 0 Å². The van der Waals surface area contributed by atoms with Crippen molar-refractivity contribution in [2.45, 2.75) is 32.5 Å². The number of benzene rings is 2. The Hall–Kier alpha value is -1.91. The van der Waals surface area contributed by atoms with Crippen molar-refractivity contribution < 1.29 is 14.2 Å². The molecule has 0 radical (unpaired) electrons. The molecule has 0 bridgehead atoms. The summed E-state index contributed by atoms with van der Waals surface area (Å²) in [7, 11) is 0. The quantitative estimate of drug-likeness (QED) is 0.691. The summed E-state index contributed by atoms with van der Waals surface area (Å²) in [6.45, 7) is 3.55. The number of unbranched alkanes of at least 4 members (excludes halogenated alkanes) is 1. The van der Waals surface area contributed by atoms with Gasteiger partial charge in [-0.1, -0.05) is 55.8 Å². The van der Waals surface area contributed by atoms with Crippen molar-refractivity contribution in [3.8, 4) is 5.75 Å². The van der Waals surface area contributed by atoms with Crippen LogP contribution in [0.4, 0.5) is 4.39 Å². The Bertz CT molecular complexity index is 589. The molecule has 0 saturated heterocycles. The number of rotatable bonds is 9. The van der Waals surface area contributed by atoms with Gasteiger partial charge in [0.15, 0.2) is 11.6 Å². The summed E-state index contributed by atoms with van der Waals surface area (Å²) in [4.78, 5) is 0. The van der Waals surface area contributed by atoms with E-state index < -0.39 is 11.9 Å². The van der Waals surface area contributed by atoms with Gasteiger partial charge in [-0.05, 0) is 24.6 Å². The van der Waals surface area contributed by atoms with Gasteiger partial charge in [0.25, 0.3) is 0 Å². The Morgan fingerprint density at radius 1 is 1.13 bits per heavy atom. The van der Waals surface area contributed by atoms with E-state index in [1.807, 2.05) is 30.3 Å². The van der Waals surface area contributed by atoms with E-state index in [0.717, 1.165) is 24.9 Å². The van der Waals surface area contributed by atoms with Crippen molar-refractivity contribution in [3.63, 3.8) is 0 Å². The van der Waals surface area contributed by atoms with Crippen LogP contribution in [0.1, 0.15) is 37.0 Å². The second-order valence-electron chi connectivity index (χ2n) is 5.51. The van der Waals surface area contributed by atoms with Crippen LogP contribution in [0.15, 0.2) is 48.5 Å². The second kappa shape index (κ2) is 9.28. The molecule has 3 nitrogen and oxygen atoms in total. The van der Waals surface area contributed by atoms with Crippen LogP contribution in [0.25, 0.3) is 0 Å². The standard InChI is InChI=1S/C19H24FNO2/c1-2-3-12-21-13-17(22)16-10-7-11-18(19(16)20)23-14-15-8-5-4-6-9-15/h4-11,17,21-22H,2-3,12-14H2,1H3. The molecule has 2 N–H and O–H groups in total. The molecule has 0 fully saturated rings. The first-order valence-corrected chi connectivity index (χ1v) is 8.06. The Morgan fingerprint density at radius 3 is 2.65 bits per heavy atom. The van der Waals surface area contributed by atoms with E-state index in [2.05, 4.69) is 12.2 Å². The Balaban J connectivity index is 1.97. The molecule has 0 saturated carbocycles. The monoisotopic (exact) mass is 317 g/mol. The molecule has 2 aromatic rings. The van der Waals surface area contributed by atoms with Crippen LogP contribution in [0.5, 0.6) is 5.75 Å². The highest BCUT2D eigenvalue weighted by molar-refractivity contribution is 5.33. The minimum atomic E-state index is -0.882. The summed E-state index contributed by atoms with van der Waals surface area (Å²) in [6, 6.07) is 14.5. The average Bonchev–Trinajstić information content (AvgIpc) is 2.58. The molecule has 0 aliphatic heterocycles. The summed E-state index contributed by atoms with van der Waals surface area (Å²) >= 11 is 0. The maximum atomic E-state index is 14.5. The summed E-state index contributed by atoms with van der Waals surface area (Å²) in [5, 5.41) is 13.3. The summed E-state index contributed by atoms with van der Waals surface area (Å²) in [6.07, 6.45) is 1.24. The molecule has 4 heteroatoms. The fraction of sp³-hybridized carbons (Fsp3) is 0.368. The van der Waals surface area contributed by atoms with Crippen LogP contribution >= 0.6 is 0 Å². The Morgan fingerprint density at radius 2 is 1.91 bits per heavy atom. The van der Waals surface area contributed by atoms with Gasteiger partial charge in [-0.25, -0.2) is 4.39 Å². The van der Waals surface area contributed by atoms with Crippen LogP contribution in [0.3, 0.4) is 0 Å². The predicted octanol–water partition coefficient (Wildman–Crippen LogP) is 3.83. The molecule has 124 valence electrons.